The maximum Gasteiger partial charge on any atom is 0.241 e. The Bertz CT molecular complexity index is 524. The number of carbonyl (C=O) groups is 2. The summed E-state index contributed by atoms with van der Waals surface area (Å²) in [4.78, 5) is 23.2. The largest absolute Gasteiger partial charge is 0.326 e. The first kappa shape index (κ1) is 19.4. The number of benzene rings is 1. The second-order valence-electron chi connectivity index (χ2n) is 5.99. The fourth-order valence-electron chi connectivity index (χ4n) is 1.70. The molecular weight excluding hydrogens is 290 g/mol. The molecule has 0 aliphatic heterocycles. The van der Waals surface area contributed by atoms with Gasteiger partial charge in [-0.05, 0) is 30.0 Å². The zero-order chi connectivity index (χ0) is 15.5. The van der Waals surface area contributed by atoms with Crippen LogP contribution in [0.5, 0.6) is 0 Å². The van der Waals surface area contributed by atoms with Crippen LogP contribution >= 0.6 is 12.4 Å². The molecule has 118 valence electrons. The summed E-state index contributed by atoms with van der Waals surface area (Å²) < 4.78 is 0. The number of rotatable bonds is 3. The van der Waals surface area contributed by atoms with Crippen molar-refractivity contribution in [2.75, 3.05) is 10.6 Å². The predicted octanol–water partition coefficient (Wildman–Crippen LogP) is 2.69. The Balaban J connectivity index is 0.00000400. The molecule has 0 fully saturated rings. The lowest BCUT2D eigenvalue weighted by molar-refractivity contribution is -0.119. The van der Waals surface area contributed by atoms with Gasteiger partial charge in [0, 0.05) is 18.3 Å². The van der Waals surface area contributed by atoms with Crippen LogP contribution in [0, 0.1) is 12.3 Å². The zero-order valence-electron chi connectivity index (χ0n) is 13.1. The molecule has 2 amide bonds. The van der Waals surface area contributed by atoms with Gasteiger partial charge in [0.25, 0.3) is 0 Å². The van der Waals surface area contributed by atoms with E-state index >= 15 is 0 Å². The Morgan fingerprint density at radius 3 is 2.05 bits per heavy atom. The number of amides is 2. The lowest BCUT2D eigenvalue weighted by Crippen LogP contribution is -2.45. The van der Waals surface area contributed by atoms with Gasteiger partial charge < -0.3 is 16.4 Å². The summed E-state index contributed by atoms with van der Waals surface area (Å²) in [6.07, 6.45) is 0. The van der Waals surface area contributed by atoms with Gasteiger partial charge in [0.15, 0.2) is 0 Å². The molecule has 21 heavy (non-hydrogen) atoms. The molecule has 0 aliphatic rings. The first-order valence-corrected chi connectivity index (χ1v) is 6.56. The third kappa shape index (κ3) is 5.36. The lowest BCUT2D eigenvalue weighted by atomic mass is 9.87. The molecule has 0 aromatic heterocycles. The van der Waals surface area contributed by atoms with Gasteiger partial charge in [-0.3, -0.25) is 9.59 Å². The standard InChI is InChI=1S/C15H23N3O2.ClH/c1-9-11(17-10(2)19)7-6-8-12(9)18-14(20)13(16)15(3,4)5;/h6-8,13H,16H2,1-5H3,(H,17,19)(H,18,20);1H/t13-;/m1./s1. The molecular formula is C15H24ClN3O2. The van der Waals surface area contributed by atoms with Crippen LogP contribution in [-0.2, 0) is 9.59 Å². The number of halogens is 1. The maximum absolute atomic E-state index is 12.1. The van der Waals surface area contributed by atoms with E-state index in [0.717, 1.165) is 5.56 Å². The lowest BCUT2D eigenvalue weighted by Gasteiger charge is -2.26. The van der Waals surface area contributed by atoms with Crippen molar-refractivity contribution in [1.29, 1.82) is 0 Å². The van der Waals surface area contributed by atoms with E-state index in [1.54, 1.807) is 18.2 Å². The average Bonchev–Trinajstić information content (AvgIpc) is 2.31. The average molecular weight is 314 g/mol. The molecule has 4 N–H and O–H groups in total. The highest BCUT2D eigenvalue weighted by Crippen LogP contribution is 2.25. The van der Waals surface area contributed by atoms with Gasteiger partial charge in [0.2, 0.25) is 11.8 Å². The van der Waals surface area contributed by atoms with Gasteiger partial charge in [-0.15, -0.1) is 12.4 Å². The van der Waals surface area contributed by atoms with Gasteiger partial charge in [-0.25, -0.2) is 0 Å². The van der Waals surface area contributed by atoms with E-state index in [-0.39, 0.29) is 29.6 Å². The van der Waals surface area contributed by atoms with Crippen LogP contribution in [0.25, 0.3) is 0 Å². The van der Waals surface area contributed by atoms with Crippen LogP contribution in [0.15, 0.2) is 18.2 Å². The molecule has 1 rings (SSSR count). The molecule has 0 heterocycles. The predicted molar refractivity (Wildman–Crippen MR) is 88.8 cm³/mol. The van der Waals surface area contributed by atoms with Crippen LogP contribution in [0.1, 0.15) is 33.3 Å². The Labute approximate surface area is 132 Å². The van der Waals surface area contributed by atoms with Crippen LogP contribution < -0.4 is 16.4 Å². The molecule has 6 heteroatoms. The highest BCUT2D eigenvalue weighted by atomic mass is 35.5. The second kappa shape index (κ2) is 7.43. The molecule has 1 aromatic rings. The van der Waals surface area contributed by atoms with Gasteiger partial charge in [-0.1, -0.05) is 26.8 Å². The number of hydrogen-bond donors (Lipinski definition) is 3. The summed E-state index contributed by atoms with van der Waals surface area (Å²) in [5.41, 5.74) is 7.75. The van der Waals surface area contributed by atoms with E-state index in [1.807, 2.05) is 27.7 Å². The van der Waals surface area contributed by atoms with E-state index in [2.05, 4.69) is 10.6 Å². The van der Waals surface area contributed by atoms with Crippen molar-refractivity contribution in [2.24, 2.45) is 11.1 Å². The maximum atomic E-state index is 12.1. The Morgan fingerprint density at radius 2 is 1.62 bits per heavy atom. The third-order valence-corrected chi connectivity index (χ3v) is 3.12. The quantitative estimate of drug-likeness (QED) is 0.802. The zero-order valence-corrected chi connectivity index (χ0v) is 13.9. The van der Waals surface area contributed by atoms with E-state index in [0.29, 0.717) is 11.4 Å². The van der Waals surface area contributed by atoms with Crippen molar-refractivity contribution in [1.82, 2.24) is 0 Å². The molecule has 0 saturated carbocycles. The fourth-order valence-corrected chi connectivity index (χ4v) is 1.70. The summed E-state index contributed by atoms with van der Waals surface area (Å²) >= 11 is 0. The number of nitrogens with one attached hydrogen (secondary N) is 2. The monoisotopic (exact) mass is 313 g/mol. The molecule has 1 atom stereocenters. The van der Waals surface area contributed by atoms with E-state index < -0.39 is 6.04 Å². The Morgan fingerprint density at radius 1 is 1.14 bits per heavy atom. The van der Waals surface area contributed by atoms with Crippen LogP contribution in [0.4, 0.5) is 11.4 Å². The fraction of sp³-hybridized carbons (Fsp3) is 0.467. The van der Waals surface area contributed by atoms with Gasteiger partial charge in [-0.2, -0.15) is 0 Å². The van der Waals surface area contributed by atoms with E-state index in [9.17, 15) is 9.59 Å². The number of nitrogens with two attached hydrogens (primary N) is 1. The number of carbonyl (C=O) groups excluding carboxylic acids is 2. The van der Waals surface area contributed by atoms with Gasteiger partial charge in [0.1, 0.15) is 0 Å². The first-order chi connectivity index (χ1) is 9.12. The number of anilines is 2. The highest BCUT2D eigenvalue weighted by Gasteiger charge is 2.27. The summed E-state index contributed by atoms with van der Waals surface area (Å²) in [6.45, 7) is 9.03. The van der Waals surface area contributed by atoms with Crippen molar-refractivity contribution in [3.63, 3.8) is 0 Å². The minimum atomic E-state index is -0.605. The normalized spacial score (nSPS) is 12.1. The third-order valence-electron chi connectivity index (χ3n) is 3.12. The molecule has 0 aliphatic carbocycles. The molecule has 0 bridgehead atoms. The van der Waals surface area contributed by atoms with Crippen LogP contribution in [0.2, 0.25) is 0 Å². The molecule has 0 radical (unpaired) electrons. The van der Waals surface area contributed by atoms with Crippen molar-refractivity contribution >= 4 is 35.6 Å². The van der Waals surface area contributed by atoms with Gasteiger partial charge in [0.05, 0.1) is 6.04 Å². The van der Waals surface area contributed by atoms with Crippen molar-refractivity contribution in [3.8, 4) is 0 Å². The van der Waals surface area contributed by atoms with Crippen LogP contribution in [0.3, 0.4) is 0 Å². The van der Waals surface area contributed by atoms with Crippen molar-refractivity contribution in [2.45, 2.75) is 40.7 Å². The molecule has 0 saturated heterocycles. The summed E-state index contributed by atoms with van der Waals surface area (Å²) in [5, 5.41) is 5.54. The second-order valence-corrected chi connectivity index (χ2v) is 5.99. The van der Waals surface area contributed by atoms with Gasteiger partial charge >= 0.3 is 0 Å². The smallest absolute Gasteiger partial charge is 0.241 e. The molecule has 5 nitrogen and oxygen atoms in total. The highest BCUT2D eigenvalue weighted by molar-refractivity contribution is 5.97. The molecule has 0 spiro atoms. The Hall–Kier alpha value is -1.59. The van der Waals surface area contributed by atoms with E-state index in [4.69, 9.17) is 5.73 Å². The van der Waals surface area contributed by atoms with Crippen LogP contribution in [-0.4, -0.2) is 17.9 Å². The molecule has 0 unspecified atom stereocenters. The minimum Gasteiger partial charge on any atom is -0.326 e. The minimum absolute atomic E-state index is 0. The first-order valence-electron chi connectivity index (χ1n) is 6.56. The topological polar surface area (TPSA) is 84.2 Å². The number of hydrogen-bond acceptors (Lipinski definition) is 3. The summed E-state index contributed by atoms with van der Waals surface area (Å²) in [7, 11) is 0. The Kier molecular flexibility index (Phi) is 6.86. The molecule has 1 aromatic carbocycles. The van der Waals surface area contributed by atoms with E-state index in [1.165, 1.54) is 6.92 Å². The van der Waals surface area contributed by atoms with Crippen molar-refractivity contribution in [3.05, 3.63) is 23.8 Å². The summed E-state index contributed by atoms with van der Waals surface area (Å²) in [5.74, 6) is -0.386. The summed E-state index contributed by atoms with van der Waals surface area (Å²) in [6, 6.07) is 4.74. The van der Waals surface area contributed by atoms with Crippen molar-refractivity contribution < 1.29 is 9.59 Å². The SMILES string of the molecule is CC(=O)Nc1cccc(NC(=O)[C@@H](N)C(C)(C)C)c1C.Cl.